The molecule has 5 heteroatoms. The number of carbonyl (C=O) groups excluding carboxylic acids is 1. The molecule has 80 valence electrons. The third-order valence-electron chi connectivity index (χ3n) is 1.90. The van der Waals surface area contributed by atoms with Gasteiger partial charge in [-0.05, 0) is 12.1 Å². The highest BCUT2D eigenvalue weighted by molar-refractivity contribution is 6.11. The van der Waals surface area contributed by atoms with Gasteiger partial charge in [0, 0.05) is 5.56 Å². The van der Waals surface area contributed by atoms with Crippen molar-refractivity contribution in [2.75, 3.05) is 7.11 Å². The molecule has 0 amide bonds. The minimum absolute atomic E-state index is 0.226. The van der Waals surface area contributed by atoms with Gasteiger partial charge in [-0.3, -0.25) is 9.59 Å². The molecule has 0 heterocycles. The van der Waals surface area contributed by atoms with Crippen molar-refractivity contribution in [3.63, 3.8) is 0 Å². The Morgan fingerprint density at radius 3 is 2.67 bits per heavy atom. The number of hydrogen-bond donors (Lipinski definition) is 2. The van der Waals surface area contributed by atoms with E-state index >= 15 is 0 Å². The molecule has 1 atom stereocenters. The van der Waals surface area contributed by atoms with E-state index in [4.69, 9.17) is 15.6 Å². The van der Waals surface area contributed by atoms with Crippen LogP contribution in [-0.4, -0.2) is 30.0 Å². The van der Waals surface area contributed by atoms with Crippen molar-refractivity contribution in [1.29, 1.82) is 0 Å². The molecule has 0 spiro atoms. The molecule has 15 heavy (non-hydrogen) atoms. The molecule has 0 aliphatic heterocycles. The van der Waals surface area contributed by atoms with E-state index in [0.29, 0.717) is 5.75 Å². The molecular formula is C10H11NO4. The van der Waals surface area contributed by atoms with Gasteiger partial charge in [-0.15, -0.1) is 0 Å². The van der Waals surface area contributed by atoms with Gasteiger partial charge in [-0.2, -0.15) is 0 Å². The number of benzene rings is 1. The molecular weight excluding hydrogens is 198 g/mol. The van der Waals surface area contributed by atoms with Crippen LogP contribution in [-0.2, 0) is 4.79 Å². The Kier molecular flexibility index (Phi) is 3.41. The largest absolute Gasteiger partial charge is 0.497 e. The first-order valence-electron chi connectivity index (χ1n) is 4.23. The van der Waals surface area contributed by atoms with Gasteiger partial charge in [0.15, 0.2) is 11.8 Å². The molecule has 0 aromatic heterocycles. The Hall–Kier alpha value is -1.88. The number of ketones is 1. The number of aliphatic carboxylic acids is 1. The lowest BCUT2D eigenvalue weighted by atomic mass is 10.0. The molecule has 1 unspecified atom stereocenters. The van der Waals surface area contributed by atoms with Crippen molar-refractivity contribution in [3.05, 3.63) is 29.8 Å². The third kappa shape index (κ3) is 2.54. The average molecular weight is 209 g/mol. The van der Waals surface area contributed by atoms with E-state index in [1.807, 2.05) is 0 Å². The van der Waals surface area contributed by atoms with Crippen molar-refractivity contribution in [2.24, 2.45) is 5.73 Å². The van der Waals surface area contributed by atoms with Gasteiger partial charge in [0.1, 0.15) is 5.75 Å². The van der Waals surface area contributed by atoms with Crippen LogP contribution in [0.15, 0.2) is 24.3 Å². The maximum Gasteiger partial charge on any atom is 0.328 e. The first-order chi connectivity index (χ1) is 7.06. The summed E-state index contributed by atoms with van der Waals surface area (Å²) >= 11 is 0. The fourth-order valence-electron chi connectivity index (χ4n) is 1.07. The van der Waals surface area contributed by atoms with E-state index in [-0.39, 0.29) is 5.56 Å². The van der Waals surface area contributed by atoms with Crippen LogP contribution in [0.25, 0.3) is 0 Å². The van der Waals surface area contributed by atoms with Crippen molar-refractivity contribution in [2.45, 2.75) is 6.04 Å². The van der Waals surface area contributed by atoms with E-state index in [1.165, 1.54) is 19.2 Å². The molecule has 0 saturated carbocycles. The highest BCUT2D eigenvalue weighted by Crippen LogP contribution is 2.13. The zero-order valence-electron chi connectivity index (χ0n) is 8.14. The molecule has 1 aromatic carbocycles. The number of carboxylic acids is 1. The van der Waals surface area contributed by atoms with Gasteiger partial charge in [0.25, 0.3) is 0 Å². The first-order valence-corrected chi connectivity index (χ1v) is 4.23. The number of ether oxygens (including phenoxy) is 1. The molecule has 1 aromatic rings. The fourth-order valence-corrected chi connectivity index (χ4v) is 1.07. The minimum Gasteiger partial charge on any atom is -0.497 e. The molecule has 5 nitrogen and oxygen atoms in total. The number of nitrogens with two attached hydrogens (primary N) is 1. The summed E-state index contributed by atoms with van der Waals surface area (Å²) in [6.07, 6.45) is 0. The Bertz CT molecular complexity index is 389. The second kappa shape index (κ2) is 4.56. The molecule has 1 rings (SSSR count). The maximum atomic E-state index is 11.5. The molecule has 3 N–H and O–H groups in total. The number of Topliss-reactive ketones (excluding diaryl/α,β-unsaturated/α-hetero) is 1. The van der Waals surface area contributed by atoms with Gasteiger partial charge in [-0.1, -0.05) is 12.1 Å². The molecule has 0 aliphatic carbocycles. The summed E-state index contributed by atoms with van der Waals surface area (Å²) in [6, 6.07) is 4.67. The molecule has 0 aliphatic rings. The standard InChI is InChI=1S/C10H11NO4/c1-15-7-4-2-3-6(5-7)9(12)8(11)10(13)14/h2-5,8H,11H2,1H3,(H,13,14). The maximum absolute atomic E-state index is 11.5. The third-order valence-corrected chi connectivity index (χ3v) is 1.90. The lowest BCUT2D eigenvalue weighted by molar-refractivity contribution is -0.137. The lowest BCUT2D eigenvalue weighted by Gasteiger charge is -2.06. The summed E-state index contributed by atoms with van der Waals surface area (Å²) in [5, 5.41) is 8.56. The smallest absolute Gasteiger partial charge is 0.328 e. The molecule has 0 fully saturated rings. The highest BCUT2D eigenvalue weighted by Gasteiger charge is 2.22. The predicted octanol–water partition coefficient (Wildman–Crippen LogP) is 0.290. The number of carbonyl (C=O) groups is 2. The summed E-state index contributed by atoms with van der Waals surface area (Å²) in [7, 11) is 1.46. The number of carboxylic acid groups (broad SMARTS) is 1. The van der Waals surface area contributed by atoms with E-state index in [9.17, 15) is 9.59 Å². The highest BCUT2D eigenvalue weighted by atomic mass is 16.5. The van der Waals surface area contributed by atoms with E-state index in [2.05, 4.69) is 0 Å². The van der Waals surface area contributed by atoms with Crippen LogP contribution in [0, 0.1) is 0 Å². The van der Waals surface area contributed by atoms with Crippen LogP contribution < -0.4 is 10.5 Å². The Balaban J connectivity index is 2.96. The molecule has 0 saturated heterocycles. The van der Waals surface area contributed by atoms with E-state index in [0.717, 1.165) is 0 Å². The van der Waals surface area contributed by atoms with Crippen LogP contribution in [0.2, 0.25) is 0 Å². The monoisotopic (exact) mass is 209 g/mol. The van der Waals surface area contributed by atoms with Gasteiger partial charge in [-0.25, -0.2) is 0 Å². The summed E-state index contributed by atoms with van der Waals surface area (Å²) in [4.78, 5) is 22.0. The predicted molar refractivity (Wildman–Crippen MR) is 52.9 cm³/mol. The average Bonchev–Trinajstić information content (AvgIpc) is 2.27. The topological polar surface area (TPSA) is 89.6 Å². The second-order valence-corrected chi connectivity index (χ2v) is 2.91. The van der Waals surface area contributed by atoms with Crippen molar-refractivity contribution in [3.8, 4) is 5.75 Å². The summed E-state index contributed by atoms with van der Waals surface area (Å²) < 4.78 is 4.90. The van der Waals surface area contributed by atoms with Gasteiger partial charge in [0.2, 0.25) is 0 Å². The number of hydrogen-bond acceptors (Lipinski definition) is 4. The Morgan fingerprint density at radius 1 is 1.47 bits per heavy atom. The van der Waals surface area contributed by atoms with Crippen molar-refractivity contribution in [1.82, 2.24) is 0 Å². The minimum atomic E-state index is -1.53. The second-order valence-electron chi connectivity index (χ2n) is 2.91. The normalized spacial score (nSPS) is 11.9. The Labute approximate surface area is 86.5 Å². The zero-order valence-corrected chi connectivity index (χ0v) is 8.14. The van der Waals surface area contributed by atoms with Crippen LogP contribution >= 0.6 is 0 Å². The zero-order chi connectivity index (χ0) is 11.4. The van der Waals surface area contributed by atoms with Crippen LogP contribution in [0.1, 0.15) is 10.4 Å². The quantitative estimate of drug-likeness (QED) is 0.549. The van der Waals surface area contributed by atoms with Crippen LogP contribution in [0.3, 0.4) is 0 Å². The summed E-state index contributed by atoms with van der Waals surface area (Å²) in [5.74, 6) is -1.50. The van der Waals surface area contributed by atoms with Crippen molar-refractivity contribution < 1.29 is 19.4 Å². The summed E-state index contributed by atoms with van der Waals surface area (Å²) in [5.41, 5.74) is 5.42. The number of rotatable bonds is 4. The van der Waals surface area contributed by atoms with Crippen molar-refractivity contribution >= 4 is 11.8 Å². The van der Waals surface area contributed by atoms with Gasteiger partial charge >= 0.3 is 5.97 Å². The number of methoxy groups -OCH3 is 1. The summed E-state index contributed by atoms with van der Waals surface area (Å²) in [6.45, 7) is 0. The van der Waals surface area contributed by atoms with E-state index in [1.54, 1.807) is 12.1 Å². The lowest BCUT2D eigenvalue weighted by Crippen LogP contribution is -2.38. The van der Waals surface area contributed by atoms with E-state index < -0.39 is 17.8 Å². The Morgan fingerprint density at radius 2 is 2.13 bits per heavy atom. The fraction of sp³-hybridized carbons (Fsp3) is 0.200. The molecule has 0 radical (unpaired) electrons. The SMILES string of the molecule is COc1cccc(C(=O)C(N)C(=O)O)c1. The first kappa shape index (κ1) is 11.2. The van der Waals surface area contributed by atoms with Crippen LogP contribution in [0.5, 0.6) is 5.75 Å². The molecule has 0 bridgehead atoms. The van der Waals surface area contributed by atoms with Crippen LogP contribution in [0.4, 0.5) is 0 Å². The van der Waals surface area contributed by atoms with Gasteiger partial charge < -0.3 is 15.6 Å². The van der Waals surface area contributed by atoms with Gasteiger partial charge in [0.05, 0.1) is 7.11 Å².